The van der Waals surface area contributed by atoms with Gasteiger partial charge < -0.3 is 10.1 Å². The standard InChI is InChI=1S/C15H22N2O/c1-12-9-14(6-5-13(12)10-16)17-11-15(2,3)7-8-18-4/h5-6,9,17H,7-8,11H2,1-4H3. The lowest BCUT2D eigenvalue weighted by Crippen LogP contribution is -2.24. The molecule has 0 fully saturated rings. The number of aryl methyl sites for hydroxylation is 1. The van der Waals surface area contributed by atoms with Crippen molar-refractivity contribution in [1.82, 2.24) is 0 Å². The summed E-state index contributed by atoms with van der Waals surface area (Å²) in [5.41, 5.74) is 3.01. The molecule has 0 aliphatic carbocycles. The van der Waals surface area contributed by atoms with Crippen molar-refractivity contribution in [3.63, 3.8) is 0 Å². The van der Waals surface area contributed by atoms with Crippen LogP contribution in [0.15, 0.2) is 18.2 Å². The van der Waals surface area contributed by atoms with E-state index in [-0.39, 0.29) is 5.41 Å². The first kappa shape index (κ1) is 14.5. The lowest BCUT2D eigenvalue weighted by atomic mass is 9.89. The molecule has 1 aromatic rings. The van der Waals surface area contributed by atoms with E-state index in [1.165, 1.54) is 0 Å². The van der Waals surface area contributed by atoms with Crippen LogP contribution in [0.3, 0.4) is 0 Å². The van der Waals surface area contributed by atoms with E-state index in [1.807, 2.05) is 25.1 Å². The minimum absolute atomic E-state index is 0.192. The van der Waals surface area contributed by atoms with Crippen molar-refractivity contribution < 1.29 is 4.74 Å². The van der Waals surface area contributed by atoms with Gasteiger partial charge in [0.1, 0.15) is 0 Å². The molecule has 0 saturated carbocycles. The number of nitrogens with one attached hydrogen (secondary N) is 1. The molecule has 0 unspecified atom stereocenters. The molecule has 3 heteroatoms. The van der Waals surface area contributed by atoms with Gasteiger partial charge in [-0.1, -0.05) is 13.8 Å². The van der Waals surface area contributed by atoms with Gasteiger partial charge in [-0.2, -0.15) is 5.26 Å². The molecular weight excluding hydrogens is 224 g/mol. The minimum Gasteiger partial charge on any atom is -0.385 e. The maximum atomic E-state index is 8.88. The summed E-state index contributed by atoms with van der Waals surface area (Å²) in [4.78, 5) is 0. The Labute approximate surface area is 110 Å². The summed E-state index contributed by atoms with van der Waals surface area (Å²) in [6.07, 6.45) is 1.02. The second kappa shape index (κ2) is 6.42. The van der Waals surface area contributed by atoms with Crippen molar-refractivity contribution in [3.8, 4) is 6.07 Å². The Morgan fingerprint density at radius 1 is 1.39 bits per heavy atom. The molecule has 0 saturated heterocycles. The summed E-state index contributed by atoms with van der Waals surface area (Å²) in [7, 11) is 1.73. The predicted octanol–water partition coefficient (Wildman–Crippen LogP) is 3.34. The Balaban J connectivity index is 2.58. The van der Waals surface area contributed by atoms with Gasteiger partial charge in [0.25, 0.3) is 0 Å². The van der Waals surface area contributed by atoms with Crippen LogP contribution >= 0.6 is 0 Å². The predicted molar refractivity (Wildman–Crippen MR) is 74.7 cm³/mol. The minimum atomic E-state index is 0.192. The van der Waals surface area contributed by atoms with Crippen LogP contribution in [0.1, 0.15) is 31.4 Å². The summed E-state index contributed by atoms with van der Waals surface area (Å²) in [6.45, 7) is 8.06. The number of nitrogens with zero attached hydrogens (tertiary/aromatic N) is 1. The first-order chi connectivity index (χ1) is 8.48. The van der Waals surface area contributed by atoms with Crippen LogP contribution in [-0.2, 0) is 4.74 Å². The number of hydrogen-bond donors (Lipinski definition) is 1. The number of benzene rings is 1. The number of anilines is 1. The van der Waals surface area contributed by atoms with Crippen molar-refractivity contribution in [2.45, 2.75) is 27.2 Å². The molecule has 0 aromatic heterocycles. The van der Waals surface area contributed by atoms with Gasteiger partial charge in [-0.05, 0) is 42.5 Å². The maximum Gasteiger partial charge on any atom is 0.0994 e. The van der Waals surface area contributed by atoms with E-state index in [2.05, 4.69) is 25.2 Å². The zero-order chi connectivity index (χ0) is 13.6. The summed E-state index contributed by atoms with van der Waals surface area (Å²) in [6, 6.07) is 8.01. The lowest BCUT2D eigenvalue weighted by molar-refractivity contribution is 0.157. The lowest BCUT2D eigenvalue weighted by Gasteiger charge is -2.25. The molecule has 1 aromatic carbocycles. The molecule has 0 spiro atoms. The molecule has 0 aliphatic rings. The second-order valence-electron chi connectivity index (χ2n) is 5.40. The molecule has 0 amide bonds. The highest BCUT2D eigenvalue weighted by molar-refractivity contribution is 5.51. The van der Waals surface area contributed by atoms with Gasteiger partial charge in [-0.3, -0.25) is 0 Å². The van der Waals surface area contributed by atoms with Gasteiger partial charge >= 0.3 is 0 Å². The molecule has 0 radical (unpaired) electrons. The van der Waals surface area contributed by atoms with Gasteiger partial charge in [0.15, 0.2) is 0 Å². The maximum absolute atomic E-state index is 8.88. The van der Waals surface area contributed by atoms with Gasteiger partial charge in [0.2, 0.25) is 0 Å². The summed E-state index contributed by atoms with van der Waals surface area (Å²) >= 11 is 0. The number of nitriles is 1. The molecule has 1 rings (SSSR count). The van der Waals surface area contributed by atoms with Crippen LogP contribution in [0.2, 0.25) is 0 Å². The Kier molecular flexibility index (Phi) is 5.18. The fourth-order valence-electron chi connectivity index (χ4n) is 1.71. The topological polar surface area (TPSA) is 45.0 Å². The van der Waals surface area contributed by atoms with Gasteiger partial charge in [-0.15, -0.1) is 0 Å². The molecule has 0 bridgehead atoms. The van der Waals surface area contributed by atoms with Crippen LogP contribution in [0, 0.1) is 23.7 Å². The zero-order valence-corrected chi connectivity index (χ0v) is 11.7. The van der Waals surface area contributed by atoms with Crippen LogP contribution < -0.4 is 5.32 Å². The fourth-order valence-corrected chi connectivity index (χ4v) is 1.71. The molecule has 0 atom stereocenters. The van der Waals surface area contributed by atoms with Crippen molar-refractivity contribution in [2.24, 2.45) is 5.41 Å². The molecule has 0 aliphatic heterocycles. The highest BCUT2D eigenvalue weighted by atomic mass is 16.5. The summed E-state index contributed by atoms with van der Waals surface area (Å²) in [5.74, 6) is 0. The van der Waals surface area contributed by atoms with Gasteiger partial charge in [0, 0.05) is 25.9 Å². The Morgan fingerprint density at radius 3 is 2.67 bits per heavy atom. The smallest absolute Gasteiger partial charge is 0.0994 e. The van der Waals surface area contributed by atoms with Crippen LogP contribution in [0.4, 0.5) is 5.69 Å². The molecule has 0 heterocycles. The van der Waals surface area contributed by atoms with E-state index >= 15 is 0 Å². The largest absolute Gasteiger partial charge is 0.385 e. The highest BCUT2D eigenvalue weighted by Gasteiger charge is 2.17. The number of ether oxygens (including phenoxy) is 1. The van der Waals surface area contributed by atoms with Crippen molar-refractivity contribution in [1.29, 1.82) is 5.26 Å². The molecule has 98 valence electrons. The number of hydrogen-bond acceptors (Lipinski definition) is 3. The molecule has 1 N–H and O–H groups in total. The van der Waals surface area contributed by atoms with E-state index in [9.17, 15) is 0 Å². The van der Waals surface area contributed by atoms with E-state index in [0.29, 0.717) is 0 Å². The summed E-state index contributed by atoms with van der Waals surface area (Å²) < 4.78 is 5.12. The van der Waals surface area contributed by atoms with Gasteiger partial charge in [0.05, 0.1) is 11.6 Å². The van der Waals surface area contributed by atoms with E-state index in [0.717, 1.165) is 36.4 Å². The average Bonchev–Trinajstić information content (AvgIpc) is 2.34. The third-order valence-electron chi connectivity index (χ3n) is 3.10. The quantitative estimate of drug-likeness (QED) is 0.837. The first-order valence-electron chi connectivity index (χ1n) is 6.22. The number of rotatable bonds is 6. The molecule has 3 nitrogen and oxygen atoms in total. The van der Waals surface area contributed by atoms with Crippen molar-refractivity contribution in [3.05, 3.63) is 29.3 Å². The SMILES string of the molecule is COCCC(C)(C)CNc1ccc(C#N)c(C)c1. The van der Waals surface area contributed by atoms with Gasteiger partial charge in [-0.25, -0.2) is 0 Å². The third kappa shape index (κ3) is 4.38. The first-order valence-corrected chi connectivity index (χ1v) is 6.22. The zero-order valence-electron chi connectivity index (χ0n) is 11.7. The van der Waals surface area contributed by atoms with Crippen LogP contribution in [-0.4, -0.2) is 20.3 Å². The normalized spacial score (nSPS) is 11.1. The monoisotopic (exact) mass is 246 g/mol. The van der Waals surface area contributed by atoms with Crippen LogP contribution in [0.5, 0.6) is 0 Å². The van der Waals surface area contributed by atoms with Crippen molar-refractivity contribution in [2.75, 3.05) is 25.6 Å². The fraction of sp³-hybridized carbons (Fsp3) is 0.533. The highest BCUT2D eigenvalue weighted by Crippen LogP contribution is 2.22. The van der Waals surface area contributed by atoms with E-state index < -0.39 is 0 Å². The molecule has 18 heavy (non-hydrogen) atoms. The van der Waals surface area contributed by atoms with E-state index in [4.69, 9.17) is 10.00 Å². The average molecular weight is 246 g/mol. The molecular formula is C15H22N2O. The Morgan fingerprint density at radius 2 is 2.11 bits per heavy atom. The van der Waals surface area contributed by atoms with Crippen LogP contribution in [0.25, 0.3) is 0 Å². The summed E-state index contributed by atoms with van der Waals surface area (Å²) in [5, 5.41) is 12.3. The van der Waals surface area contributed by atoms with Crippen molar-refractivity contribution >= 4 is 5.69 Å². The Bertz CT molecular complexity index is 433. The number of methoxy groups -OCH3 is 1. The third-order valence-corrected chi connectivity index (χ3v) is 3.10. The van der Waals surface area contributed by atoms with E-state index in [1.54, 1.807) is 7.11 Å². The Hall–Kier alpha value is -1.53. The second-order valence-corrected chi connectivity index (χ2v) is 5.40.